The number of hydrogen-bond donors (Lipinski definition) is 2. The molecule has 0 spiro atoms. The summed E-state index contributed by atoms with van der Waals surface area (Å²) >= 11 is 0. The number of hydrogen-bond acceptors (Lipinski definition) is 4. The SMILES string of the molecule is C=C/C(=C\C(=C/C)c1ccc2[nH]nc(-c3nc4nccc(-c5cccc(F)c5)c4[nH]3)c2c1)CN1CCCC1. The third-order valence-corrected chi connectivity index (χ3v) is 7.17. The molecule has 5 aromatic rings. The molecule has 190 valence electrons. The normalized spacial score (nSPS) is 15.1. The molecule has 0 radical (unpaired) electrons. The molecule has 0 atom stereocenters. The van der Waals surface area contributed by atoms with E-state index in [1.807, 2.05) is 24.3 Å². The molecule has 6 nitrogen and oxygen atoms in total. The van der Waals surface area contributed by atoms with Crippen LogP contribution in [0.15, 0.2) is 85.1 Å². The van der Waals surface area contributed by atoms with Crippen molar-refractivity contribution >= 4 is 27.6 Å². The van der Waals surface area contributed by atoms with Crippen LogP contribution in [0.25, 0.3) is 50.3 Å². The number of allylic oxidation sites excluding steroid dienone is 3. The second-order valence-electron chi connectivity index (χ2n) is 9.64. The zero-order chi connectivity index (χ0) is 26.1. The maximum Gasteiger partial charge on any atom is 0.178 e. The first-order valence-electron chi connectivity index (χ1n) is 12.9. The van der Waals surface area contributed by atoms with E-state index < -0.39 is 0 Å². The highest BCUT2D eigenvalue weighted by Gasteiger charge is 2.17. The second-order valence-corrected chi connectivity index (χ2v) is 9.64. The molecule has 1 fully saturated rings. The quantitative estimate of drug-likeness (QED) is 0.236. The number of pyridine rings is 1. The lowest BCUT2D eigenvalue weighted by atomic mass is 10.00. The van der Waals surface area contributed by atoms with Crippen molar-refractivity contribution in [3.05, 3.63) is 96.5 Å². The molecule has 6 rings (SSSR count). The van der Waals surface area contributed by atoms with Gasteiger partial charge in [0.05, 0.1) is 11.0 Å². The minimum absolute atomic E-state index is 0.285. The van der Waals surface area contributed by atoms with E-state index in [1.165, 1.54) is 30.5 Å². The molecule has 2 N–H and O–H groups in total. The van der Waals surface area contributed by atoms with Crippen LogP contribution in [0.3, 0.4) is 0 Å². The number of rotatable bonds is 7. The third kappa shape index (κ3) is 4.57. The Bertz CT molecular complexity index is 1700. The first kappa shape index (κ1) is 24.0. The summed E-state index contributed by atoms with van der Waals surface area (Å²) < 4.78 is 13.9. The Labute approximate surface area is 220 Å². The van der Waals surface area contributed by atoms with Gasteiger partial charge in [-0.15, -0.1) is 0 Å². The summed E-state index contributed by atoms with van der Waals surface area (Å²) in [4.78, 5) is 15.1. The van der Waals surface area contributed by atoms with Gasteiger partial charge in [-0.05, 0) is 85.5 Å². The van der Waals surface area contributed by atoms with Crippen molar-refractivity contribution in [2.75, 3.05) is 19.6 Å². The van der Waals surface area contributed by atoms with E-state index in [9.17, 15) is 4.39 Å². The van der Waals surface area contributed by atoms with Gasteiger partial charge in [0.2, 0.25) is 0 Å². The highest BCUT2D eigenvalue weighted by molar-refractivity contribution is 5.97. The summed E-state index contributed by atoms with van der Waals surface area (Å²) in [6.45, 7) is 9.32. The van der Waals surface area contributed by atoms with Crippen molar-refractivity contribution in [3.8, 4) is 22.6 Å². The first-order chi connectivity index (χ1) is 18.6. The Morgan fingerprint density at radius 1 is 1.13 bits per heavy atom. The Balaban J connectivity index is 1.39. The lowest BCUT2D eigenvalue weighted by Gasteiger charge is -2.15. The number of aromatic nitrogens is 5. The molecule has 7 heteroatoms. The number of halogens is 1. The van der Waals surface area contributed by atoms with E-state index >= 15 is 0 Å². The van der Waals surface area contributed by atoms with Crippen LogP contribution in [-0.4, -0.2) is 49.7 Å². The summed E-state index contributed by atoms with van der Waals surface area (Å²) in [7, 11) is 0. The molecule has 1 saturated heterocycles. The molecule has 2 aromatic carbocycles. The Morgan fingerprint density at radius 2 is 2.00 bits per heavy atom. The van der Waals surface area contributed by atoms with E-state index in [0.717, 1.165) is 58.3 Å². The van der Waals surface area contributed by atoms with Gasteiger partial charge in [-0.3, -0.25) is 10.00 Å². The van der Waals surface area contributed by atoms with Crippen LogP contribution in [0.1, 0.15) is 25.3 Å². The van der Waals surface area contributed by atoms with Crippen molar-refractivity contribution in [1.29, 1.82) is 0 Å². The minimum Gasteiger partial charge on any atom is -0.335 e. The molecular weight excluding hydrogens is 475 g/mol. The largest absolute Gasteiger partial charge is 0.335 e. The van der Waals surface area contributed by atoms with Crippen molar-refractivity contribution in [3.63, 3.8) is 0 Å². The number of nitrogens with one attached hydrogen (secondary N) is 2. The molecule has 0 amide bonds. The fourth-order valence-corrected chi connectivity index (χ4v) is 5.19. The van der Waals surface area contributed by atoms with Crippen LogP contribution in [0, 0.1) is 5.82 Å². The van der Waals surface area contributed by atoms with Gasteiger partial charge in [-0.1, -0.05) is 43.0 Å². The van der Waals surface area contributed by atoms with E-state index in [-0.39, 0.29) is 5.82 Å². The maximum atomic E-state index is 13.9. The van der Waals surface area contributed by atoms with E-state index in [4.69, 9.17) is 4.98 Å². The zero-order valence-electron chi connectivity index (χ0n) is 21.3. The molecule has 0 saturated carbocycles. The third-order valence-electron chi connectivity index (χ3n) is 7.17. The molecule has 0 aliphatic carbocycles. The zero-order valence-corrected chi connectivity index (χ0v) is 21.3. The predicted octanol–water partition coefficient (Wildman–Crippen LogP) is 6.92. The van der Waals surface area contributed by atoms with Crippen LogP contribution in [-0.2, 0) is 0 Å². The average Bonchev–Trinajstić information content (AvgIpc) is 3.70. The summed E-state index contributed by atoms with van der Waals surface area (Å²) in [6.07, 6.45) is 10.5. The summed E-state index contributed by atoms with van der Waals surface area (Å²) in [5.74, 6) is 0.324. The predicted molar refractivity (Wildman–Crippen MR) is 152 cm³/mol. The van der Waals surface area contributed by atoms with Gasteiger partial charge >= 0.3 is 0 Å². The number of H-pyrrole nitrogens is 2. The first-order valence-corrected chi connectivity index (χ1v) is 12.9. The van der Waals surface area contributed by atoms with E-state index in [2.05, 4.69) is 62.9 Å². The number of likely N-dealkylation sites (tertiary alicyclic amines) is 1. The summed E-state index contributed by atoms with van der Waals surface area (Å²) in [5.41, 5.74) is 7.97. The molecule has 1 aliphatic heterocycles. The van der Waals surface area contributed by atoms with Gasteiger partial charge in [0, 0.05) is 23.7 Å². The van der Waals surface area contributed by atoms with Crippen molar-refractivity contribution in [2.24, 2.45) is 0 Å². The van der Waals surface area contributed by atoms with Gasteiger partial charge in [0.15, 0.2) is 11.5 Å². The minimum atomic E-state index is -0.285. The van der Waals surface area contributed by atoms with Gasteiger partial charge in [0.1, 0.15) is 11.5 Å². The molecule has 0 unspecified atom stereocenters. The number of imidazole rings is 1. The van der Waals surface area contributed by atoms with Crippen LogP contribution < -0.4 is 0 Å². The van der Waals surface area contributed by atoms with Crippen molar-refractivity contribution < 1.29 is 4.39 Å². The van der Waals surface area contributed by atoms with Gasteiger partial charge < -0.3 is 4.98 Å². The molecule has 1 aliphatic rings. The fourth-order valence-electron chi connectivity index (χ4n) is 5.19. The highest BCUT2D eigenvalue weighted by atomic mass is 19.1. The lowest BCUT2D eigenvalue weighted by molar-refractivity contribution is 0.371. The van der Waals surface area contributed by atoms with Crippen LogP contribution in [0.2, 0.25) is 0 Å². The van der Waals surface area contributed by atoms with Crippen LogP contribution in [0.4, 0.5) is 4.39 Å². The average molecular weight is 505 g/mol. The monoisotopic (exact) mass is 504 g/mol. The smallest absolute Gasteiger partial charge is 0.178 e. The van der Waals surface area contributed by atoms with Crippen LogP contribution in [0.5, 0.6) is 0 Å². The highest BCUT2D eigenvalue weighted by Crippen LogP contribution is 2.32. The molecule has 4 heterocycles. The standard InChI is InChI=1S/C31H29FN6/c1-3-20(19-38-14-5-6-15-38)16-21(4-2)22-10-11-27-26(18-22)29(37-36-27)31-34-28-25(12-13-33-30(28)35-31)23-8-7-9-24(32)17-23/h3-4,7-13,16-18H,1,5-6,14-15,19H2,2H3,(H,36,37)(H,33,34,35)/b20-16+,21-4+. The Morgan fingerprint density at radius 3 is 2.79 bits per heavy atom. The summed E-state index contributed by atoms with van der Waals surface area (Å²) in [5, 5.41) is 8.68. The van der Waals surface area contributed by atoms with E-state index in [1.54, 1.807) is 12.3 Å². The Hall–Kier alpha value is -4.36. The van der Waals surface area contributed by atoms with Crippen molar-refractivity contribution in [1.82, 2.24) is 30.0 Å². The van der Waals surface area contributed by atoms with Crippen molar-refractivity contribution in [2.45, 2.75) is 19.8 Å². The summed E-state index contributed by atoms with van der Waals surface area (Å²) in [6, 6.07) is 14.7. The van der Waals surface area contributed by atoms with Gasteiger partial charge in [-0.25, -0.2) is 14.4 Å². The fraction of sp³-hybridized carbons (Fsp3) is 0.194. The number of benzene rings is 2. The lowest BCUT2D eigenvalue weighted by Crippen LogP contribution is -2.21. The van der Waals surface area contributed by atoms with Crippen LogP contribution >= 0.6 is 0 Å². The molecular formula is C31H29FN6. The second kappa shape index (κ2) is 10.2. The van der Waals surface area contributed by atoms with Gasteiger partial charge in [0.25, 0.3) is 0 Å². The molecule has 0 bridgehead atoms. The van der Waals surface area contributed by atoms with E-state index in [0.29, 0.717) is 17.2 Å². The molecule has 38 heavy (non-hydrogen) atoms. The topological polar surface area (TPSA) is 73.5 Å². The number of fused-ring (bicyclic) bond motifs is 2. The maximum absolute atomic E-state index is 13.9. The molecule has 3 aromatic heterocycles. The Kier molecular flexibility index (Phi) is 6.43. The number of aromatic amines is 2. The van der Waals surface area contributed by atoms with Gasteiger partial charge in [-0.2, -0.15) is 5.10 Å². The number of nitrogens with zero attached hydrogens (tertiary/aromatic N) is 4.